The molecule has 164 valence electrons. The number of carbonyl (C=O) groups is 3. The minimum Gasteiger partial charge on any atom is -0.324 e. The highest BCUT2D eigenvalue weighted by atomic mass is 16.6. The van der Waals surface area contributed by atoms with Crippen LogP contribution < -0.4 is 15.5 Å². The summed E-state index contributed by atoms with van der Waals surface area (Å²) in [5.41, 5.74) is 0.293. The number of benzene rings is 2. The van der Waals surface area contributed by atoms with Crippen molar-refractivity contribution in [2.45, 2.75) is 32.4 Å². The summed E-state index contributed by atoms with van der Waals surface area (Å²) in [7, 11) is 0. The SMILES string of the molecule is Cc1ccc(N2C(=O)[C@H]3[C@@H](C(C)C)N[C@@]4(C(=O)Nc5ccccc54)[C@H]3C2=O)cc1[N+](=O)[O-]. The lowest BCUT2D eigenvalue weighted by atomic mass is 9.76. The zero-order chi connectivity index (χ0) is 22.9. The van der Waals surface area contributed by atoms with Crippen molar-refractivity contribution >= 4 is 34.8 Å². The molecule has 2 aromatic carbocycles. The normalized spacial score (nSPS) is 28.4. The fraction of sp³-hybridized carbons (Fsp3) is 0.348. The Hall–Kier alpha value is -3.59. The maximum absolute atomic E-state index is 13.8. The van der Waals surface area contributed by atoms with Gasteiger partial charge in [0.05, 0.1) is 22.4 Å². The van der Waals surface area contributed by atoms with E-state index in [-0.39, 0.29) is 23.2 Å². The molecular weight excluding hydrogens is 412 g/mol. The monoisotopic (exact) mass is 434 g/mol. The second-order valence-electron chi connectivity index (χ2n) is 8.97. The van der Waals surface area contributed by atoms with Gasteiger partial charge in [0.2, 0.25) is 17.7 Å². The molecule has 0 aromatic heterocycles. The predicted molar refractivity (Wildman–Crippen MR) is 116 cm³/mol. The van der Waals surface area contributed by atoms with E-state index >= 15 is 0 Å². The van der Waals surface area contributed by atoms with Crippen LogP contribution in [0.25, 0.3) is 0 Å². The molecule has 3 aliphatic rings. The quantitative estimate of drug-likeness (QED) is 0.435. The standard InChI is InChI=1S/C23H22N4O5/c1-11(2)19-17-18(23(25-19)14-6-4-5-7-15(14)24-22(23)30)21(29)26(20(17)28)13-9-8-12(3)16(10-13)27(31)32/h4-11,17-19,25H,1-3H3,(H,24,30)/t17-,18-,19-,23-/m1/s1. The first-order valence-electron chi connectivity index (χ1n) is 10.5. The number of nitrogens with one attached hydrogen (secondary N) is 2. The zero-order valence-electron chi connectivity index (χ0n) is 17.8. The van der Waals surface area contributed by atoms with E-state index in [1.54, 1.807) is 31.2 Å². The molecule has 2 aromatic rings. The van der Waals surface area contributed by atoms with Crippen molar-refractivity contribution in [3.8, 4) is 0 Å². The molecule has 0 unspecified atom stereocenters. The van der Waals surface area contributed by atoms with Gasteiger partial charge in [0, 0.05) is 28.9 Å². The first-order valence-corrected chi connectivity index (χ1v) is 10.5. The summed E-state index contributed by atoms with van der Waals surface area (Å²) in [6.45, 7) is 5.46. The Morgan fingerprint density at radius 2 is 1.81 bits per heavy atom. The Morgan fingerprint density at radius 1 is 1.09 bits per heavy atom. The van der Waals surface area contributed by atoms with Gasteiger partial charge < -0.3 is 5.32 Å². The lowest BCUT2D eigenvalue weighted by Crippen LogP contribution is -2.54. The number of aryl methyl sites for hydroxylation is 1. The second kappa shape index (κ2) is 6.70. The third-order valence-electron chi connectivity index (χ3n) is 6.92. The number of hydrogen-bond acceptors (Lipinski definition) is 6. The minimum atomic E-state index is -1.37. The molecule has 0 saturated carbocycles. The molecular formula is C23H22N4O5. The molecule has 2 saturated heterocycles. The zero-order valence-corrected chi connectivity index (χ0v) is 17.8. The van der Waals surface area contributed by atoms with Crippen LogP contribution in [0, 0.1) is 34.8 Å². The van der Waals surface area contributed by atoms with Crippen molar-refractivity contribution in [2.24, 2.45) is 17.8 Å². The number of rotatable bonds is 3. The summed E-state index contributed by atoms with van der Waals surface area (Å²) in [4.78, 5) is 52.6. The van der Waals surface area contributed by atoms with Crippen LogP contribution >= 0.6 is 0 Å². The third kappa shape index (κ3) is 2.45. The molecule has 3 amide bonds. The van der Waals surface area contributed by atoms with Gasteiger partial charge in [0.15, 0.2) is 0 Å². The van der Waals surface area contributed by atoms with E-state index in [4.69, 9.17) is 0 Å². The smallest absolute Gasteiger partial charge is 0.274 e. The molecule has 0 radical (unpaired) electrons. The largest absolute Gasteiger partial charge is 0.324 e. The van der Waals surface area contributed by atoms with Crippen LogP contribution in [0.2, 0.25) is 0 Å². The van der Waals surface area contributed by atoms with Gasteiger partial charge in [-0.25, -0.2) is 4.90 Å². The molecule has 2 fully saturated rings. The summed E-state index contributed by atoms with van der Waals surface area (Å²) < 4.78 is 0. The Morgan fingerprint density at radius 3 is 2.50 bits per heavy atom. The van der Waals surface area contributed by atoms with Crippen LogP contribution in [0.5, 0.6) is 0 Å². The van der Waals surface area contributed by atoms with E-state index in [2.05, 4.69) is 10.6 Å². The van der Waals surface area contributed by atoms with E-state index in [0.717, 1.165) is 4.90 Å². The molecule has 1 spiro atoms. The molecule has 2 N–H and O–H groups in total. The first-order chi connectivity index (χ1) is 15.2. The number of nitro groups is 1. The minimum absolute atomic E-state index is 0.0357. The number of para-hydroxylation sites is 1. The van der Waals surface area contributed by atoms with Crippen molar-refractivity contribution in [2.75, 3.05) is 10.2 Å². The summed E-state index contributed by atoms with van der Waals surface area (Å²) in [6.07, 6.45) is 0. The summed E-state index contributed by atoms with van der Waals surface area (Å²) in [6, 6.07) is 11.0. The summed E-state index contributed by atoms with van der Waals surface area (Å²) in [5.74, 6) is -3.09. The number of carbonyl (C=O) groups excluding carboxylic acids is 3. The van der Waals surface area contributed by atoms with Crippen LogP contribution in [-0.4, -0.2) is 28.7 Å². The second-order valence-corrected chi connectivity index (χ2v) is 8.97. The van der Waals surface area contributed by atoms with E-state index < -0.39 is 40.2 Å². The van der Waals surface area contributed by atoms with E-state index in [0.29, 0.717) is 16.8 Å². The van der Waals surface area contributed by atoms with E-state index in [1.165, 1.54) is 18.2 Å². The van der Waals surface area contributed by atoms with Crippen molar-refractivity contribution in [3.05, 3.63) is 63.7 Å². The lowest BCUT2D eigenvalue weighted by molar-refractivity contribution is -0.385. The molecule has 3 heterocycles. The Labute approximate surface area is 183 Å². The highest BCUT2D eigenvalue weighted by Gasteiger charge is 2.71. The lowest BCUT2D eigenvalue weighted by Gasteiger charge is -2.30. The highest BCUT2D eigenvalue weighted by molar-refractivity contribution is 6.25. The molecule has 3 aliphatic heterocycles. The summed E-state index contributed by atoms with van der Waals surface area (Å²) in [5, 5.41) is 17.6. The van der Waals surface area contributed by atoms with Gasteiger partial charge in [-0.15, -0.1) is 0 Å². The van der Waals surface area contributed by atoms with Crippen LogP contribution in [-0.2, 0) is 19.9 Å². The average Bonchev–Trinajstić information content (AvgIpc) is 3.34. The third-order valence-corrected chi connectivity index (χ3v) is 6.92. The molecule has 9 nitrogen and oxygen atoms in total. The van der Waals surface area contributed by atoms with Crippen LogP contribution in [0.3, 0.4) is 0 Å². The van der Waals surface area contributed by atoms with Gasteiger partial charge in [0.1, 0.15) is 5.54 Å². The van der Waals surface area contributed by atoms with Crippen molar-refractivity contribution < 1.29 is 19.3 Å². The number of hydrogen-bond donors (Lipinski definition) is 2. The number of anilines is 2. The van der Waals surface area contributed by atoms with E-state index in [1.807, 2.05) is 13.8 Å². The Bertz CT molecular complexity index is 1210. The number of imide groups is 1. The van der Waals surface area contributed by atoms with Gasteiger partial charge in [-0.1, -0.05) is 38.1 Å². The molecule has 0 aliphatic carbocycles. The number of nitrogens with zero attached hydrogens (tertiary/aromatic N) is 2. The Kier molecular flexibility index (Phi) is 4.26. The highest BCUT2D eigenvalue weighted by Crippen LogP contribution is 2.54. The number of amides is 3. The molecule has 5 rings (SSSR count). The van der Waals surface area contributed by atoms with Crippen LogP contribution in [0.4, 0.5) is 17.1 Å². The predicted octanol–water partition coefficient (Wildman–Crippen LogP) is 2.48. The maximum Gasteiger partial charge on any atom is 0.274 e. The van der Waals surface area contributed by atoms with Gasteiger partial charge >= 0.3 is 0 Å². The van der Waals surface area contributed by atoms with Gasteiger partial charge in [-0.05, 0) is 25.0 Å². The molecule has 9 heteroatoms. The maximum atomic E-state index is 13.8. The van der Waals surface area contributed by atoms with Gasteiger partial charge in [-0.2, -0.15) is 0 Å². The molecule has 32 heavy (non-hydrogen) atoms. The molecule has 0 bridgehead atoms. The number of fused-ring (bicyclic) bond motifs is 4. The fourth-order valence-corrected chi connectivity index (χ4v) is 5.45. The van der Waals surface area contributed by atoms with Gasteiger partial charge in [-0.3, -0.25) is 29.8 Å². The van der Waals surface area contributed by atoms with Gasteiger partial charge in [0.25, 0.3) is 5.69 Å². The van der Waals surface area contributed by atoms with E-state index in [9.17, 15) is 24.5 Å². The number of nitro benzene ring substituents is 1. The molecule has 4 atom stereocenters. The van der Waals surface area contributed by atoms with Crippen molar-refractivity contribution in [1.82, 2.24) is 5.32 Å². The van der Waals surface area contributed by atoms with Crippen LogP contribution in [0.15, 0.2) is 42.5 Å². The van der Waals surface area contributed by atoms with Crippen molar-refractivity contribution in [1.29, 1.82) is 0 Å². The first kappa shape index (κ1) is 20.3. The summed E-state index contributed by atoms with van der Waals surface area (Å²) >= 11 is 0. The van der Waals surface area contributed by atoms with Crippen LogP contribution in [0.1, 0.15) is 25.0 Å². The van der Waals surface area contributed by atoms with Crippen molar-refractivity contribution in [3.63, 3.8) is 0 Å². The average molecular weight is 434 g/mol. The fourth-order valence-electron chi connectivity index (χ4n) is 5.45. The topological polar surface area (TPSA) is 122 Å². The Balaban J connectivity index is 1.68.